The van der Waals surface area contributed by atoms with Gasteiger partial charge in [0.05, 0.1) is 5.69 Å². The van der Waals surface area contributed by atoms with Gasteiger partial charge in [0.15, 0.2) is 0 Å². The smallest absolute Gasteiger partial charge is 0.243 e. The predicted octanol–water partition coefficient (Wildman–Crippen LogP) is 2.22. The SMILES string of the molecule is O=C1CC2(CC2)NN1c1ccc(Br)cc1. The lowest BCUT2D eigenvalue weighted by Crippen LogP contribution is -2.38. The summed E-state index contributed by atoms with van der Waals surface area (Å²) in [5, 5.41) is 1.68. The summed E-state index contributed by atoms with van der Waals surface area (Å²) < 4.78 is 1.03. The van der Waals surface area contributed by atoms with Crippen LogP contribution in [-0.2, 0) is 4.79 Å². The van der Waals surface area contributed by atoms with Crippen molar-refractivity contribution >= 4 is 27.5 Å². The van der Waals surface area contributed by atoms with E-state index in [1.54, 1.807) is 5.01 Å². The summed E-state index contributed by atoms with van der Waals surface area (Å²) in [5.74, 6) is 0.176. The highest BCUT2D eigenvalue weighted by Crippen LogP contribution is 2.43. The summed E-state index contributed by atoms with van der Waals surface area (Å²) in [5.41, 5.74) is 4.32. The molecule has 0 aromatic heterocycles. The molecule has 0 radical (unpaired) electrons. The number of anilines is 1. The molecule has 1 aliphatic heterocycles. The number of carbonyl (C=O) groups excluding carboxylic acids is 1. The van der Waals surface area contributed by atoms with Gasteiger partial charge in [0.25, 0.3) is 0 Å². The molecule has 3 nitrogen and oxygen atoms in total. The maximum Gasteiger partial charge on any atom is 0.243 e. The van der Waals surface area contributed by atoms with E-state index in [9.17, 15) is 4.79 Å². The fourth-order valence-electron chi connectivity index (χ4n) is 1.95. The summed E-state index contributed by atoms with van der Waals surface area (Å²) in [6, 6.07) is 7.77. The fraction of sp³-hybridized carbons (Fsp3) is 0.364. The van der Waals surface area contributed by atoms with Gasteiger partial charge in [-0.1, -0.05) is 15.9 Å². The number of amides is 1. The molecule has 1 spiro atoms. The van der Waals surface area contributed by atoms with Crippen LogP contribution in [0, 0.1) is 0 Å². The largest absolute Gasteiger partial charge is 0.273 e. The Morgan fingerprint density at radius 1 is 1.27 bits per heavy atom. The lowest BCUT2D eigenvalue weighted by Gasteiger charge is -2.17. The topological polar surface area (TPSA) is 32.3 Å². The van der Waals surface area contributed by atoms with E-state index < -0.39 is 0 Å². The van der Waals surface area contributed by atoms with Crippen LogP contribution in [0.5, 0.6) is 0 Å². The van der Waals surface area contributed by atoms with E-state index >= 15 is 0 Å². The quantitative estimate of drug-likeness (QED) is 0.846. The molecule has 1 heterocycles. The molecule has 0 atom stereocenters. The summed E-state index contributed by atoms with van der Waals surface area (Å²) >= 11 is 3.38. The van der Waals surface area contributed by atoms with Crippen LogP contribution in [0.3, 0.4) is 0 Å². The maximum atomic E-state index is 11.8. The fourth-order valence-corrected chi connectivity index (χ4v) is 2.21. The van der Waals surface area contributed by atoms with E-state index in [4.69, 9.17) is 0 Å². The minimum atomic E-state index is 0.101. The van der Waals surface area contributed by atoms with Crippen LogP contribution in [0.1, 0.15) is 19.3 Å². The predicted molar refractivity (Wildman–Crippen MR) is 61.3 cm³/mol. The van der Waals surface area contributed by atoms with E-state index in [0.29, 0.717) is 6.42 Å². The average Bonchev–Trinajstić information content (AvgIpc) is 2.87. The molecule has 1 N–H and O–H groups in total. The van der Waals surface area contributed by atoms with Crippen molar-refractivity contribution in [2.24, 2.45) is 0 Å². The zero-order valence-corrected chi connectivity index (χ0v) is 9.75. The van der Waals surface area contributed by atoms with Gasteiger partial charge in [0, 0.05) is 16.4 Å². The Morgan fingerprint density at radius 2 is 1.93 bits per heavy atom. The first-order chi connectivity index (χ1) is 7.19. The zero-order valence-electron chi connectivity index (χ0n) is 8.16. The Kier molecular flexibility index (Phi) is 1.91. The molecule has 78 valence electrons. The monoisotopic (exact) mass is 266 g/mol. The highest BCUT2D eigenvalue weighted by molar-refractivity contribution is 9.10. The minimum absolute atomic E-state index is 0.101. The van der Waals surface area contributed by atoms with E-state index in [0.717, 1.165) is 23.0 Å². The van der Waals surface area contributed by atoms with Crippen LogP contribution in [0.4, 0.5) is 5.69 Å². The Morgan fingerprint density at radius 3 is 2.47 bits per heavy atom. The van der Waals surface area contributed by atoms with Gasteiger partial charge < -0.3 is 0 Å². The summed E-state index contributed by atoms with van der Waals surface area (Å²) in [4.78, 5) is 11.8. The van der Waals surface area contributed by atoms with Gasteiger partial charge in [-0.25, -0.2) is 10.4 Å². The van der Waals surface area contributed by atoms with Gasteiger partial charge in [0.1, 0.15) is 0 Å². The number of rotatable bonds is 1. The van der Waals surface area contributed by atoms with Crippen LogP contribution in [0.2, 0.25) is 0 Å². The first-order valence-electron chi connectivity index (χ1n) is 5.05. The minimum Gasteiger partial charge on any atom is -0.273 e. The molecule has 0 unspecified atom stereocenters. The first-order valence-corrected chi connectivity index (χ1v) is 5.84. The second-order valence-electron chi connectivity index (χ2n) is 4.27. The van der Waals surface area contributed by atoms with E-state index in [-0.39, 0.29) is 11.4 Å². The molecule has 1 aromatic carbocycles. The van der Waals surface area contributed by atoms with Crippen molar-refractivity contribution in [3.63, 3.8) is 0 Å². The van der Waals surface area contributed by atoms with E-state index in [2.05, 4.69) is 21.4 Å². The molecule has 1 amide bonds. The standard InChI is InChI=1S/C11H11BrN2O/c12-8-1-3-9(4-2-8)14-10(15)7-11(13-14)5-6-11/h1-4,13H,5-7H2. The average molecular weight is 267 g/mol. The van der Waals surface area contributed by atoms with Gasteiger partial charge in [0.2, 0.25) is 5.91 Å². The van der Waals surface area contributed by atoms with E-state index in [1.807, 2.05) is 24.3 Å². The summed E-state index contributed by atoms with van der Waals surface area (Å²) in [6.45, 7) is 0. The van der Waals surface area contributed by atoms with Crippen LogP contribution in [0.15, 0.2) is 28.7 Å². The molecule has 0 bridgehead atoms. The van der Waals surface area contributed by atoms with Gasteiger partial charge in [-0.05, 0) is 37.1 Å². The maximum absolute atomic E-state index is 11.8. The highest BCUT2D eigenvalue weighted by atomic mass is 79.9. The Balaban J connectivity index is 1.88. The van der Waals surface area contributed by atoms with Crippen molar-refractivity contribution in [3.05, 3.63) is 28.7 Å². The number of hydrogen-bond donors (Lipinski definition) is 1. The first kappa shape index (κ1) is 9.36. The molecule has 2 fully saturated rings. The molecule has 1 saturated carbocycles. The third-order valence-corrected chi connectivity index (χ3v) is 3.56. The lowest BCUT2D eigenvalue weighted by atomic mass is 10.2. The normalized spacial score (nSPS) is 22.5. The van der Waals surface area contributed by atoms with Crippen LogP contribution < -0.4 is 10.4 Å². The molecule has 15 heavy (non-hydrogen) atoms. The number of benzene rings is 1. The van der Waals surface area contributed by atoms with Gasteiger partial charge in [-0.2, -0.15) is 0 Å². The molecule has 2 aliphatic rings. The summed E-state index contributed by atoms with van der Waals surface area (Å²) in [6.07, 6.45) is 2.88. The second-order valence-corrected chi connectivity index (χ2v) is 5.19. The van der Waals surface area contributed by atoms with Gasteiger partial charge in [-0.3, -0.25) is 4.79 Å². The molecular formula is C11H11BrN2O. The third kappa shape index (κ3) is 1.58. The molecule has 1 aromatic rings. The molecule has 1 saturated heterocycles. The number of halogens is 1. The van der Waals surface area contributed by atoms with Crippen LogP contribution in [-0.4, -0.2) is 11.4 Å². The van der Waals surface area contributed by atoms with Crippen LogP contribution in [0.25, 0.3) is 0 Å². The van der Waals surface area contributed by atoms with Gasteiger partial charge >= 0.3 is 0 Å². The van der Waals surface area contributed by atoms with Crippen LogP contribution >= 0.6 is 15.9 Å². The highest BCUT2D eigenvalue weighted by Gasteiger charge is 2.52. The number of hydrogen-bond acceptors (Lipinski definition) is 2. The third-order valence-electron chi connectivity index (χ3n) is 3.03. The molecule has 1 aliphatic carbocycles. The Hall–Kier alpha value is -0.870. The summed E-state index contributed by atoms with van der Waals surface area (Å²) in [7, 11) is 0. The Bertz CT molecular complexity index is 411. The van der Waals surface area contributed by atoms with Crippen molar-refractivity contribution < 1.29 is 4.79 Å². The van der Waals surface area contributed by atoms with Crippen molar-refractivity contribution in [1.29, 1.82) is 0 Å². The number of nitrogens with zero attached hydrogens (tertiary/aromatic N) is 1. The van der Waals surface area contributed by atoms with Crippen molar-refractivity contribution in [3.8, 4) is 0 Å². The van der Waals surface area contributed by atoms with E-state index in [1.165, 1.54) is 0 Å². The number of hydrazine groups is 1. The van der Waals surface area contributed by atoms with Crippen molar-refractivity contribution in [2.75, 3.05) is 5.01 Å². The molecule has 3 rings (SSSR count). The van der Waals surface area contributed by atoms with Crippen molar-refractivity contribution in [2.45, 2.75) is 24.8 Å². The van der Waals surface area contributed by atoms with Crippen molar-refractivity contribution in [1.82, 2.24) is 5.43 Å². The molecule has 4 heteroatoms. The lowest BCUT2D eigenvalue weighted by molar-refractivity contribution is -0.117. The molecular weight excluding hydrogens is 256 g/mol. The number of nitrogens with one attached hydrogen (secondary N) is 1. The number of carbonyl (C=O) groups is 1. The van der Waals surface area contributed by atoms with Gasteiger partial charge in [-0.15, -0.1) is 0 Å². The Labute approximate surface area is 96.6 Å². The zero-order chi connectivity index (χ0) is 10.5. The second kappa shape index (κ2) is 3.06.